The van der Waals surface area contributed by atoms with Crippen LogP contribution >= 0.6 is 22.6 Å². The molecule has 5 heteroatoms. The molecule has 1 aromatic carbocycles. The second-order valence-electron chi connectivity index (χ2n) is 4.87. The summed E-state index contributed by atoms with van der Waals surface area (Å²) in [6.45, 7) is 1.60. The van der Waals surface area contributed by atoms with Crippen LogP contribution in [0, 0.1) is 10.5 Å². The Balaban J connectivity index is 2.52. The molecule has 0 unspecified atom stereocenters. The monoisotopic (exact) mass is 369 g/mol. The molecule has 0 saturated heterocycles. The highest BCUT2D eigenvalue weighted by Gasteiger charge is 2.30. The molecule has 3 rings (SSSR count). The number of rotatable bonds is 2. The van der Waals surface area contributed by atoms with Crippen molar-refractivity contribution in [3.63, 3.8) is 0 Å². The van der Waals surface area contributed by atoms with Gasteiger partial charge in [0.2, 0.25) is 0 Å². The number of hydrogen-bond donors (Lipinski definition) is 1. The van der Waals surface area contributed by atoms with Crippen molar-refractivity contribution < 1.29 is 9.90 Å². The van der Waals surface area contributed by atoms with Gasteiger partial charge in [-0.1, -0.05) is 0 Å². The zero-order valence-corrected chi connectivity index (χ0v) is 12.5. The maximum atomic E-state index is 12.3. The Kier molecular flexibility index (Phi) is 2.88. The molecule has 98 valence electrons. The first-order valence-electron chi connectivity index (χ1n) is 6.08. The summed E-state index contributed by atoms with van der Waals surface area (Å²) >= 11 is 2.16. The minimum atomic E-state index is -1.03. The number of carboxylic acid groups (broad SMARTS) is 1. The maximum absolute atomic E-state index is 12.3. The summed E-state index contributed by atoms with van der Waals surface area (Å²) in [7, 11) is 0. The van der Waals surface area contributed by atoms with Crippen LogP contribution in [0.25, 0.3) is 10.9 Å². The number of hydrogen-bond acceptors (Lipinski definition) is 2. The van der Waals surface area contributed by atoms with Crippen molar-refractivity contribution in [3.8, 4) is 0 Å². The van der Waals surface area contributed by atoms with E-state index in [2.05, 4.69) is 22.6 Å². The van der Waals surface area contributed by atoms with Crippen LogP contribution in [0.15, 0.2) is 23.0 Å². The van der Waals surface area contributed by atoms with Crippen molar-refractivity contribution >= 4 is 39.5 Å². The summed E-state index contributed by atoms with van der Waals surface area (Å²) in [6, 6.07) is 5.80. The zero-order valence-electron chi connectivity index (χ0n) is 10.3. The first-order valence-corrected chi connectivity index (χ1v) is 7.16. The minimum absolute atomic E-state index is 0.140. The molecule has 19 heavy (non-hydrogen) atoms. The van der Waals surface area contributed by atoms with Crippen LogP contribution in [0.1, 0.15) is 34.9 Å². The van der Waals surface area contributed by atoms with E-state index in [1.807, 2.05) is 22.8 Å². The number of carbonyl (C=O) groups is 1. The van der Waals surface area contributed by atoms with Crippen molar-refractivity contribution in [2.45, 2.75) is 25.8 Å². The number of nitrogens with zero attached hydrogens (tertiary/aromatic N) is 1. The molecule has 0 atom stereocenters. The summed E-state index contributed by atoms with van der Waals surface area (Å²) in [5, 5.41) is 10.0. The molecule has 1 saturated carbocycles. The normalized spacial score (nSPS) is 14.8. The van der Waals surface area contributed by atoms with Crippen molar-refractivity contribution in [1.82, 2.24) is 4.57 Å². The van der Waals surface area contributed by atoms with Crippen molar-refractivity contribution in [2.75, 3.05) is 0 Å². The number of aromatic carboxylic acids is 1. The molecule has 1 aliphatic rings. The van der Waals surface area contributed by atoms with Gasteiger partial charge in [0.25, 0.3) is 0 Å². The van der Waals surface area contributed by atoms with Crippen molar-refractivity contribution in [2.24, 2.45) is 0 Å². The third-order valence-corrected chi connectivity index (χ3v) is 4.19. The highest BCUT2D eigenvalue weighted by molar-refractivity contribution is 14.1. The average Bonchev–Trinajstić information content (AvgIpc) is 3.17. The van der Waals surface area contributed by atoms with Crippen molar-refractivity contribution in [3.05, 3.63) is 43.2 Å². The largest absolute Gasteiger partial charge is 0.477 e. The van der Waals surface area contributed by atoms with E-state index in [0.717, 1.165) is 21.9 Å². The number of carboxylic acids is 1. The van der Waals surface area contributed by atoms with E-state index in [1.165, 1.54) is 0 Å². The Labute approximate surface area is 123 Å². The van der Waals surface area contributed by atoms with Crippen LogP contribution < -0.4 is 5.43 Å². The Hall–Kier alpha value is -1.37. The lowest BCUT2D eigenvalue weighted by atomic mass is 10.1. The minimum Gasteiger partial charge on any atom is -0.477 e. The quantitative estimate of drug-likeness (QED) is 0.829. The molecule has 0 amide bonds. The van der Waals surface area contributed by atoms with Gasteiger partial charge in [0, 0.05) is 20.6 Å². The molecular weight excluding hydrogens is 357 g/mol. The van der Waals surface area contributed by atoms with Gasteiger partial charge in [-0.15, -0.1) is 0 Å². The summed E-state index contributed by atoms with van der Waals surface area (Å²) in [5.74, 6) is -1.03. The van der Waals surface area contributed by atoms with E-state index in [1.54, 1.807) is 6.92 Å². The molecule has 4 nitrogen and oxygen atoms in total. The highest BCUT2D eigenvalue weighted by Crippen LogP contribution is 2.38. The average molecular weight is 369 g/mol. The summed E-state index contributed by atoms with van der Waals surface area (Å²) in [5.41, 5.74) is 1.02. The predicted octanol–water partition coefficient (Wildman–Crippen LogP) is 2.95. The first-order chi connectivity index (χ1) is 9.00. The molecule has 1 aromatic heterocycles. The van der Waals surface area contributed by atoms with Gasteiger partial charge >= 0.3 is 5.97 Å². The van der Waals surface area contributed by atoms with Gasteiger partial charge in [-0.25, -0.2) is 4.79 Å². The van der Waals surface area contributed by atoms with Gasteiger partial charge in [-0.2, -0.15) is 0 Å². The van der Waals surface area contributed by atoms with E-state index in [-0.39, 0.29) is 17.2 Å². The Morgan fingerprint density at radius 1 is 1.42 bits per heavy atom. The third-order valence-electron chi connectivity index (χ3n) is 3.51. The van der Waals surface area contributed by atoms with E-state index in [0.29, 0.717) is 10.9 Å². The number of pyridine rings is 1. The highest BCUT2D eigenvalue weighted by atomic mass is 127. The fourth-order valence-corrected chi connectivity index (χ4v) is 2.98. The summed E-state index contributed by atoms with van der Waals surface area (Å²) < 4.78 is 2.80. The van der Waals surface area contributed by atoms with Crippen LogP contribution in [0.4, 0.5) is 0 Å². The lowest BCUT2D eigenvalue weighted by Gasteiger charge is -2.16. The van der Waals surface area contributed by atoms with Crippen LogP contribution in [0.2, 0.25) is 0 Å². The molecule has 1 fully saturated rings. The van der Waals surface area contributed by atoms with Crippen LogP contribution in [0.5, 0.6) is 0 Å². The number of aromatic nitrogens is 1. The second-order valence-corrected chi connectivity index (χ2v) is 6.12. The molecule has 0 bridgehead atoms. The zero-order chi connectivity index (χ0) is 13.7. The summed E-state index contributed by atoms with van der Waals surface area (Å²) in [4.78, 5) is 23.8. The van der Waals surface area contributed by atoms with Gasteiger partial charge in [0.15, 0.2) is 5.43 Å². The molecule has 1 N–H and O–H groups in total. The molecule has 2 aromatic rings. The maximum Gasteiger partial charge on any atom is 0.352 e. The second kappa shape index (κ2) is 4.33. The van der Waals surface area contributed by atoms with Crippen molar-refractivity contribution in [1.29, 1.82) is 0 Å². The van der Waals surface area contributed by atoms with Crippen LogP contribution in [0.3, 0.4) is 0 Å². The molecular formula is C14H12INO3. The smallest absolute Gasteiger partial charge is 0.352 e. The Morgan fingerprint density at radius 2 is 2.11 bits per heavy atom. The fraction of sp³-hybridized carbons (Fsp3) is 0.286. The lowest BCUT2D eigenvalue weighted by molar-refractivity contribution is 0.0683. The SMILES string of the molecule is Cc1c(C(=O)O)n(C2CC2)c2ccc(I)cc2c1=O. The van der Waals surface area contributed by atoms with Gasteiger partial charge in [-0.3, -0.25) is 4.79 Å². The van der Waals surface area contributed by atoms with Gasteiger partial charge < -0.3 is 9.67 Å². The predicted molar refractivity (Wildman–Crippen MR) is 80.9 cm³/mol. The van der Waals surface area contributed by atoms with E-state index >= 15 is 0 Å². The van der Waals surface area contributed by atoms with E-state index < -0.39 is 5.97 Å². The molecule has 0 spiro atoms. The van der Waals surface area contributed by atoms with Crippen LogP contribution in [-0.4, -0.2) is 15.6 Å². The first kappa shape index (κ1) is 12.7. The Bertz CT molecular complexity index is 759. The molecule has 1 aliphatic carbocycles. The van der Waals surface area contributed by atoms with Crippen LogP contribution in [-0.2, 0) is 0 Å². The van der Waals surface area contributed by atoms with Gasteiger partial charge in [0.05, 0.1) is 5.52 Å². The Morgan fingerprint density at radius 3 is 2.68 bits per heavy atom. The number of benzene rings is 1. The standard InChI is InChI=1S/C14H12INO3/c1-7-12(14(18)19)16(9-3-4-9)11-5-2-8(15)6-10(11)13(7)17/h2,5-6,9H,3-4H2,1H3,(H,18,19). The molecule has 0 aliphatic heterocycles. The number of halogens is 1. The summed E-state index contributed by atoms with van der Waals surface area (Å²) in [6.07, 6.45) is 1.95. The molecule has 0 radical (unpaired) electrons. The number of fused-ring (bicyclic) bond motifs is 1. The lowest BCUT2D eigenvalue weighted by Crippen LogP contribution is -2.21. The molecule has 1 heterocycles. The van der Waals surface area contributed by atoms with E-state index in [4.69, 9.17) is 0 Å². The van der Waals surface area contributed by atoms with E-state index in [9.17, 15) is 14.7 Å². The van der Waals surface area contributed by atoms with Gasteiger partial charge in [-0.05, 0) is 60.6 Å². The topological polar surface area (TPSA) is 59.3 Å². The fourth-order valence-electron chi connectivity index (χ4n) is 2.49. The third kappa shape index (κ3) is 1.96. The van der Waals surface area contributed by atoms with Gasteiger partial charge in [0.1, 0.15) is 5.69 Å².